The number of rotatable bonds is 11. The third kappa shape index (κ3) is 7.02. The first kappa shape index (κ1) is 23.1. The summed E-state index contributed by atoms with van der Waals surface area (Å²) in [5, 5.41) is 1.98. The van der Waals surface area contributed by atoms with Crippen molar-refractivity contribution < 1.29 is 9.53 Å². The van der Waals surface area contributed by atoms with Crippen LogP contribution in [0.2, 0.25) is 0 Å². The number of hydrogen-bond acceptors (Lipinski definition) is 5. The quantitative estimate of drug-likeness (QED) is 0.472. The van der Waals surface area contributed by atoms with Crippen molar-refractivity contribution in [3.8, 4) is 0 Å². The van der Waals surface area contributed by atoms with Crippen LogP contribution in [-0.4, -0.2) is 61.5 Å². The van der Waals surface area contributed by atoms with Gasteiger partial charge in [-0.25, -0.2) is 0 Å². The molecule has 4 nitrogen and oxygen atoms in total. The molecule has 1 aliphatic rings. The van der Waals surface area contributed by atoms with E-state index in [0.29, 0.717) is 5.92 Å². The number of thiophene rings is 1. The maximum Gasteiger partial charge on any atom is 0.176 e. The molecule has 0 spiro atoms. The van der Waals surface area contributed by atoms with E-state index in [0.717, 1.165) is 57.2 Å². The van der Waals surface area contributed by atoms with Crippen LogP contribution in [0, 0.1) is 11.8 Å². The highest BCUT2D eigenvalue weighted by molar-refractivity contribution is 7.12. The van der Waals surface area contributed by atoms with E-state index in [2.05, 4.69) is 60.9 Å². The van der Waals surface area contributed by atoms with Crippen LogP contribution in [0.3, 0.4) is 0 Å². The molecule has 0 aliphatic carbocycles. The molecule has 0 amide bonds. The van der Waals surface area contributed by atoms with E-state index in [-0.39, 0.29) is 17.8 Å². The lowest BCUT2D eigenvalue weighted by atomic mass is 10.0. The number of carbonyl (C=O) groups excluding carboxylic acids is 1. The molecule has 2 aromatic rings. The second-order valence-electron chi connectivity index (χ2n) is 8.80. The molecule has 2 atom stereocenters. The Kier molecular flexibility index (Phi) is 9.06. The maximum absolute atomic E-state index is 12.6. The van der Waals surface area contributed by atoms with Gasteiger partial charge in [0.15, 0.2) is 5.78 Å². The molecule has 30 heavy (non-hydrogen) atoms. The van der Waals surface area contributed by atoms with Crippen LogP contribution in [-0.2, 0) is 4.74 Å². The Balaban J connectivity index is 1.48. The molecule has 0 saturated carbocycles. The Morgan fingerprint density at radius 2 is 1.63 bits per heavy atom. The van der Waals surface area contributed by atoms with Crippen molar-refractivity contribution in [2.75, 3.05) is 45.9 Å². The topological polar surface area (TPSA) is 32.8 Å². The van der Waals surface area contributed by atoms with Crippen LogP contribution >= 0.6 is 11.3 Å². The van der Waals surface area contributed by atoms with Gasteiger partial charge in [0, 0.05) is 51.8 Å². The van der Waals surface area contributed by atoms with Gasteiger partial charge in [0.2, 0.25) is 0 Å². The van der Waals surface area contributed by atoms with Crippen molar-refractivity contribution >= 4 is 17.1 Å². The van der Waals surface area contributed by atoms with Crippen LogP contribution in [0.25, 0.3) is 0 Å². The van der Waals surface area contributed by atoms with Gasteiger partial charge >= 0.3 is 0 Å². The van der Waals surface area contributed by atoms with Crippen LogP contribution in [0.5, 0.6) is 0 Å². The van der Waals surface area contributed by atoms with Gasteiger partial charge in [-0.05, 0) is 29.3 Å². The van der Waals surface area contributed by atoms with Gasteiger partial charge in [-0.15, -0.1) is 11.3 Å². The Morgan fingerprint density at radius 1 is 0.967 bits per heavy atom. The lowest BCUT2D eigenvalue weighted by Crippen LogP contribution is -2.49. The lowest BCUT2D eigenvalue weighted by molar-refractivity contribution is 0.00703. The minimum absolute atomic E-state index is 0.0478. The summed E-state index contributed by atoms with van der Waals surface area (Å²) in [5.74, 6) is 0.977. The van der Waals surface area contributed by atoms with Gasteiger partial charge in [-0.3, -0.25) is 9.69 Å². The fourth-order valence-corrected chi connectivity index (χ4v) is 4.67. The molecule has 1 saturated heterocycles. The molecule has 1 aliphatic heterocycles. The number of ether oxygens (including phenoxy) is 1. The summed E-state index contributed by atoms with van der Waals surface area (Å²) >= 11 is 1.54. The minimum atomic E-state index is 0.0478. The van der Waals surface area contributed by atoms with E-state index < -0.39 is 0 Å². The van der Waals surface area contributed by atoms with Gasteiger partial charge in [0.05, 0.1) is 11.0 Å². The molecule has 164 valence electrons. The highest BCUT2D eigenvalue weighted by Crippen LogP contribution is 2.21. The van der Waals surface area contributed by atoms with Gasteiger partial charge in [-0.1, -0.05) is 57.2 Å². The van der Waals surface area contributed by atoms with Crippen molar-refractivity contribution in [2.24, 2.45) is 11.8 Å². The zero-order valence-corrected chi connectivity index (χ0v) is 19.4. The molecular weight excluding hydrogens is 392 g/mol. The molecule has 1 aromatic carbocycles. The Hall–Kier alpha value is -1.53. The van der Waals surface area contributed by atoms with Gasteiger partial charge < -0.3 is 9.64 Å². The van der Waals surface area contributed by atoms with E-state index >= 15 is 0 Å². The smallest absolute Gasteiger partial charge is 0.176 e. The number of carbonyl (C=O) groups is 1. The van der Waals surface area contributed by atoms with E-state index in [1.807, 2.05) is 17.5 Å². The van der Waals surface area contributed by atoms with Crippen molar-refractivity contribution in [3.63, 3.8) is 0 Å². The number of benzene rings is 1. The molecule has 5 heteroatoms. The number of ketones is 1. The minimum Gasteiger partial charge on any atom is -0.372 e. The van der Waals surface area contributed by atoms with Gasteiger partial charge in [0.25, 0.3) is 0 Å². The first-order valence-corrected chi connectivity index (χ1v) is 12.1. The molecule has 0 bridgehead atoms. The molecule has 0 radical (unpaired) electrons. The molecule has 1 fully saturated rings. The lowest BCUT2D eigenvalue weighted by Gasteiger charge is -2.37. The predicted octanol–water partition coefficient (Wildman–Crippen LogP) is 4.99. The third-order valence-corrected chi connectivity index (χ3v) is 6.70. The Labute approximate surface area is 185 Å². The van der Waals surface area contributed by atoms with Crippen LogP contribution < -0.4 is 0 Å². The monoisotopic (exact) mass is 428 g/mol. The first-order chi connectivity index (χ1) is 14.5. The highest BCUT2D eigenvalue weighted by atomic mass is 32.1. The average Bonchev–Trinajstić information content (AvgIpc) is 3.29. The number of piperazine rings is 1. The largest absolute Gasteiger partial charge is 0.372 e. The van der Waals surface area contributed by atoms with Crippen molar-refractivity contribution in [3.05, 3.63) is 58.3 Å². The summed E-state index contributed by atoms with van der Waals surface area (Å²) < 4.78 is 6.31. The zero-order chi connectivity index (χ0) is 21.3. The summed E-state index contributed by atoms with van der Waals surface area (Å²) in [6.45, 7) is 13.2. The molecule has 2 heterocycles. The van der Waals surface area contributed by atoms with E-state index in [1.165, 1.54) is 5.56 Å². The van der Waals surface area contributed by atoms with E-state index in [9.17, 15) is 4.79 Å². The number of hydrogen-bond donors (Lipinski definition) is 0. The van der Waals surface area contributed by atoms with Crippen LogP contribution in [0.1, 0.15) is 48.5 Å². The van der Waals surface area contributed by atoms with Crippen LogP contribution in [0.15, 0.2) is 47.8 Å². The third-order valence-electron chi connectivity index (χ3n) is 5.82. The van der Waals surface area contributed by atoms with Gasteiger partial charge in [-0.2, -0.15) is 0 Å². The molecule has 3 rings (SSSR count). The predicted molar refractivity (Wildman–Crippen MR) is 125 cm³/mol. The molecule has 1 aromatic heterocycles. The zero-order valence-electron chi connectivity index (χ0n) is 18.6. The normalized spacial score (nSPS) is 17.9. The van der Waals surface area contributed by atoms with Crippen molar-refractivity contribution in [1.82, 2.24) is 9.80 Å². The SMILES string of the molecule is CC(C)CCOC(CN1CCN(CC(C)C(=O)c2cccs2)CC1)c1ccccc1. The Morgan fingerprint density at radius 3 is 2.23 bits per heavy atom. The van der Waals surface area contributed by atoms with E-state index in [1.54, 1.807) is 11.3 Å². The summed E-state index contributed by atoms with van der Waals surface area (Å²) in [6, 6.07) is 14.5. The second-order valence-corrected chi connectivity index (χ2v) is 9.74. The maximum atomic E-state index is 12.6. The fraction of sp³-hybridized carbons (Fsp3) is 0.560. The summed E-state index contributed by atoms with van der Waals surface area (Å²) in [7, 11) is 0. The highest BCUT2D eigenvalue weighted by Gasteiger charge is 2.25. The summed E-state index contributed by atoms with van der Waals surface area (Å²) in [6.07, 6.45) is 1.21. The fourth-order valence-electron chi connectivity index (χ4n) is 3.89. The van der Waals surface area contributed by atoms with Crippen LogP contribution in [0.4, 0.5) is 0 Å². The Bertz CT molecular complexity index is 740. The number of Topliss-reactive ketones (excluding diaryl/α,β-unsaturated/α-hetero) is 1. The standard InChI is InChI=1S/C25H36N2O2S/c1-20(2)11-16-29-23(22-8-5-4-6-9-22)19-27-14-12-26(13-15-27)18-21(3)25(28)24-10-7-17-30-24/h4-10,17,20-21,23H,11-16,18-19H2,1-3H3. The van der Waals surface area contributed by atoms with E-state index in [4.69, 9.17) is 4.74 Å². The molecule has 0 N–H and O–H groups in total. The second kappa shape index (κ2) is 11.8. The van der Waals surface area contributed by atoms with Crippen molar-refractivity contribution in [1.29, 1.82) is 0 Å². The first-order valence-electron chi connectivity index (χ1n) is 11.2. The average molecular weight is 429 g/mol. The number of nitrogens with zero attached hydrogens (tertiary/aromatic N) is 2. The van der Waals surface area contributed by atoms with Gasteiger partial charge in [0.1, 0.15) is 0 Å². The summed E-state index contributed by atoms with van der Waals surface area (Å²) in [4.78, 5) is 18.4. The summed E-state index contributed by atoms with van der Waals surface area (Å²) in [5.41, 5.74) is 1.26. The molecule has 2 unspecified atom stereocenters. The van der Waals surface area contributed by atoms with Crippen molar-refractivity contribution in [2.45, 2.75) is 33.3 Å². The molecular formula is C25H36N2O2S.